The number of hydrogen-bond acceptors (Lipinski definition) is 1. The first-order valence-corrected chi connectivity index (χ1v) is 6.73. The van der Waals surface area contributed by atoms with Gasteiger partial charge in [0.25, 0.3) is 0 Å². The lowest BCUT2D eigenvalue weighted by atomic mass is 9.95. The Morgan fingerprint density at radius 3 is 2.62 bits per heavy atom. The Morgan fingerprint density at radius 2 is 1.95 bits per heavy atom. The molecular formula is C16H14F2N2O. The Bertz CT molecular complexity index is 675. The molecule has 3 rings (SSSR count). The van der Waals surface area contributed by atoms with Gasteiger partial charge in [0, 0.05) is 17.8 Å². The molecule has 1 aliphatic rings. The number of nitrogens with one attached hydrogen (secondary N) is 1. The topological polar surface area (TPSA) is 32.3 Å². The standard InChI is InChI=1S/C16H14F2N2O/c17-11-4-3-5-12(10-11)19-16(21)20-9-8-15(20)13-6-1-2-7-14(13)18/h1-7,10,15H,8-9H2,(H,19,21)/t15-/m0/s1. The Kier molecular flexibility index (Phi) is 3.56. The van der Waals surface area contributed by atoms with Crippen molar-refractivity contribution >= 4 is 11.7 Å². The van der Waals surface area contributed by atoms with Gasteiger partial charge >= 0.3 is 6.03 Å². The van der Waals surface area contributed by atoms with Gasteiger partial charge in [-0.3, -0.25) is 0 Å². The zero-order valence-corrected chi connectivity index (χ0v) is 11.2. The van der Waals surface area contributed by atoms with Crippen molar-refractivity contribution in [1.82, 2.24) is 4.90 Å². The van der Waals surface area contributed by atoms with Crippen molar-refractivity contribution in [3.05, 3.63) is 65.7 Å². The van der Waals surface area contributed by atoms with Crippen LogP contribution in [0.2, 0.25) is 0 Å². The smallest absolute Gasteiger partial charge is 0.317 e. The number of anilines is 1. The van der Waals surface area contributed by atoms with Crippen LogP contribution in [0.5, 0.6) is 0 Å². The lowest BCUT2D eigenvalue weighted by Crippen LogP contribution is -2.47. The second-order valence-electron chi connectivity index (χ2n) is 4.96. The van der Waals surface area contributed by atoms with Gasteiger partial charge in [0.15, 0.2) is 0 Å². The van der Waals surface area contributed by atoms with Crippen LogP contribution in [0.25, 0.3) is 0 Å². The number of carbonyl (C=O) groups excluding carboxylic acids is 1. The summed E-state index contributed by atoms with van der Waals surface area (Å²) in [4.78, 5) is 13.7. The highest BCUT2D eigenvalue weighted by Gasteiger charge is 2.34. The Hall–Kier alpha value is -2.43. The van der Waals surface area contributed by atoms with Crippen LogP contribution in [0.15, 0.2) is 48.5 Å². The minimum atomic E-state index is -0.415. The van der Waals surface area contributed by atoms with Crippen LogP contribution in [-0.4, -0.2) is 17.5 Å². The van der Waals surface area contributed by atoms with E-state index in [1.54, 1.807) is 29.2 Å². The molecule has 2 aromatic rings. The van der Waals surface area contributed by atoms with E-state index in [1.807, 2.05) is 0 Å². The van der Waals surface area contributed by atoms with E-state index in [1.165, 1.54) is 24.3 Å². The first-order valence-electron chi connectivity index (χ1n) is 6.73. The molecule has 1 N–H and O–H groups in total. The summed E-state index contributed by atoms with van der Waals surface area (Å²) in [5.74, 6) is -0.729. The number of urea groups is 1. The molecule has 3 nitrogen and oxygen atoms in total. The average molecular weight is 288 g/mol. The summed E-state index contributed by atoms with van der Waals surface area (Å²) in [5, 5.41) is 2.63. The van der Waals surface area contributed by atoms with Crippen LogP contribution in [0.3, 0.4) is 0 Å². The highest BCUT2D eigenvalue weighted by atomic mass is 19.1. The fraction of sp³-hybridized carbons (Fsp3) is 0.188. The van der Waals surface area contributed by atoms with Crippen LogP contribution in [0.1, 0.15) is 18.0 Å². The molecule has 108 valence electrons. The fourth-order valence-electron chi connectivity index (χ4n) is 2.46. The summed E-state index contributed by atoms with van der Waals surface area (Å²) < 4.78 is 26.9. The van der Waals surface area contributed by atoms with Crippen molar-refractivity contribution in [2.45, 2.75) is 12.5 Å². The van der Waals surface area contributed by atoms with E-state index in [0.29, 0.717) is 17.8 Å². The summed E-state index contributed by atoms with van der Waals surface area (Å²) in [6.07, 6.45) is 0.720. The number of rotatable bonds is 2. The highest BCUT2D eigenvalue weighted by Crippen LogP contribution is 2.34. The molecule has 1 heterocycles. The van der Waals surface area contributed by atoms with Crippen LogP contribution >= 0.6 is 0 Å². The first kappa shape index (κ1) is 13.5. The lowest BCUT2D eigenvalue weighted by molar-refractivity contribution is 0.124. The van der Waals surface area contributed by atoms with Gasteiger partial charge in [-0.25, -0.2) is 13.6 Å². The first-order chi connectivity index (χ1) is 10.1. The van der Waals surface area contributed by atoms with Crippen molar-refractivity contribution < 1.29 is 13.6 Å². The predicted molar refractivity (Wildman–Crippen MR) is 75.9 cm³/mol. The van der Waals surface area contributed by atoms with Crippen molar-refractivity contribution in [3.8, 4) is 0 Å². The molecule has 1 saturated heterocycles. The third-order valence-corrected chi connectivity index (χ3v) is 3.62. The number of nitrogens with zero attached hydrogens (tertiary/aromatic N) is 1. The molecule has 0 aliphatic carbocycles. The van der Waals surface area contributed by atoms with Gasteiger partial charge in [-0.1, -0.05) is 24.3 Å². The monoisotopic (exact) mass is 288 g/mol. The van der Waals surface area contributed by atoms with Gasteiger partial charge in [-0.05, 0) is 30.7 Å². The Balaban J connectivity index is 1.73. The molecular weight excluding hydrogens is 274 g/mol. The molecule has 2 aromatic carbocycles. The SMILES string of the molecule is O=C(Nc1cccc(F)c1)N1CC[C@H]1c1ccccc1F. The van der Waals surface area contributed by atoms with Crippen LogP contribution in [0.4, 0.5) is 19.3 Å². The number of carbonyl (C=O) groups is 1. The summed E-state index contributed by atoms with van der Waals surface area (Å²) in [6, 6.07) is 11.5. The second-order valence-corrected chi connectivity index (χ2v) is 4.96. The van der Waals surface area contributed by atoms with Gasteiger partial charge < -0.3 is 10.2 Å². The lowest BCUT2D eigenvalue weighted by Gasteiger charge is -2.41. The molecule has 1 fully saturated rings. The maximum absolute atomic E-state index is 13.8. The predicted octanol–water partition coefficient (Wildman–Crippen LogP) is 3.94. The zero-order valence-electron chi connectivity index (χ0n) is 11.2. The van der Waals surface area contributed by atoms with Gasteiger partial charge in [-0.15, -0.1) is 0 Å². The van der Waals surface area contributed by atoms with Gasteiger partial charge in [0.05, 0.1) is 6.04 Å². The number of likely N-dealkylation sites (tertiary alicyclic amines) is 1. The van der Waals surface area contributed by atoms with E-state index in [-0.39, 0.29) is 17.9 Å². The van der Waals surface area contributed by atoms with Crippen LogP contribution < -0.4 is 5.32 Å². The third-order valence-electron chi connectivity index (χ3n) is 3.62. The summed E-state index contributed by atoms with van der Waals surface area (Å²) >= 11 is 0. The third kappa shape index (κ3) is 2.72. The van der Waals surface area contributed by atoms with E-state index in [9.17, 15) is 13.6 Å². The van der Waals surface area contributed by atoms with Gasteiger partial charge in [0.1, 0.15) is 11.6 Å². The molecule has 5 heteroatoms. The molecule has 0 spiro atoms. The van der Waals surface area contributed by atoms with Gasteiger partial charge in [-0.2, -0.15) is 0 Å². The number of benzene rings is 2. The fourth-order valence-corrected chi connectivity index (χ4v) is 2.46. The largest absolute Gasteiger partial charge is 0.322 e. The van der Waals surface area contributed by atoms with Crippen molar-refractivity contribution in [1.29, 1.82) is 0 Å². The maximum atomic E-state index is 13.8. The van der Waals surface area contributed by atoms with E-state index in [2.05, 4.69) is 5.32 Å². The van der Waals surface area contributed by atoms with Crippen LogP contribution in [-0.2, 0) is 0 Å². The normalized spacial score (nSPS) is 17.2. The highest BCUT2D eigenvalue weighted by molar-refractivity contribution is 5.90. The Labute approximate surface area is 121 Å². The molecule has 1 atom stereocenters. The van der Waals surface area contributed by atoms with E-state index < -0.39 is 5.82 Å². The number of halogens is 2. The molecule has 1 aliphatic heterocycles. The summed E-state index contributed by atoms with van der Waals surface area (Å²) in [5.41, 5.74) is 0.900. The molecule has 0 radical (unpaired) electrons. The van der Waals surface area contributed by atoms with Crippen molar-refractivity contribution in [2.24, 2.45) is 0 Å². The van der Waals surface area contributed by atoms with Crippen molar-refractivity contribution in [3.63, 3.8) is 0 Å². The Morgan fingerprint density at radius 1 is 1.14 bits per heavy atom. The number of hydrogen-bond donors (Lipinski definition) is 1. The van der Waals surface area contributed by atoms with E-state index in [4.69, 9.17) is 0 Å². The molecule has 0 unspecified atom stereocenters. The molecule has 0 bridgehead atoms. The van der Waals surface area contributed by atoms with Gasteiger partial charge in [0.2, 0.25) is 0 Å². The minimum Gasteiger partial charge on any atom is -0.317 e. The molecule has 2 amide bonds. The second kappa shape index (κ2) is 5.52. The number of amides is 2. The van der Waals surface area contributed by atoms with Crippen molar-refractivity contribution in [2.75, 3.05) is 11.9 Å². The molecule has 21 heavy (non-hydrogen) atoms. The maximum Gasteiger partial charge on any atom is 0.322 e. The zero-order chi connectivity index (χ0) is 14.8. The van der Waals surface area contributed by atoms with E-state index in [0.717, 1.165) is 6.42 Å². The minimum absolute atomic E-state index is 0.264. The average Bonchev–Trinajstić information content (AvgIpc) is 2.40. The molecule has 0 saturated carbocycles. The summed E-state index contributed by atoms with van der Waals surface area (Å²) in [6.45, 7) is 0.556. The molecule has 0 aromatic heterocycles. The summed E-state index contributed by atoms with van der Waals surface area (Å²) in [7, 11) is 0. The quantitative estimate of drug-likeness (QED) is 0.891. The van der Waals surface area contributed by atoms with E-state index >= 15 is 0 Å². The van der Waals surface area contributed by atoms with Crippen LogP contribution in [0, 0.1) is 11.6 Å².